The molecule has 4 heteroatoms. The molecule has 0 spiro atoms. The number of nitrogens with zero attached hydrogens (tertiary/aromatic N) is 1. The van der Waals surface area contributed by atoms with E-state index in [1.807, 2.05) is 0 Å². The molecule has 0 aliphatic carbocycles. The second-order valence-corrected chi connectivity index (χ2v) is 4.06. The summed E-state index contributed by atoms with van der Waals surface area (Å²) in [5, 5.41) is 8.96. The highest BCUT2D eigenvalue weighted by atomic mass is 19.1. The summed E-state index contributed by atoms with van der Waals surface area (Å²) < 4.78 is 13.4. The second kappa shape index (κ2) is 4.61. The monoisotopic (exact) mass is 223 g/mol. The zero-order valence-electron chi connectivity index (χ0n) is 8.95. The van der Waals surface area contributed by atoms with Crippen molar-refractivity contribution in [1.82, 2.24) is 4.90 Å². The van der Waals surface area contributed by atoms with Gasteiger partial charge in [-0.25, -0.2) is 9.18 Å². The van der Waals surface area contributed by atoms with Gasteiger partial charge in [0, 0.05) is 6.54 Å². The Balaban J connectivity index is 2.25. The molecule has 0 bridgehead atoms. The summed E-state index contributed by atoms with van der Waals surface area (Å²) in [6, 6.07) is 4.44. The number of hydrogen-bond acceptors (Lipinski definition) is 2. The first-order valence-corrected chi connectivity index (χ1v) is 5.41. The van der Waals surface area contributed by atoms with Gasteiger partial charge in [0.05, 0.1) is 5.56 Å². The van der Waals surface area contributed by atoms with E-state index < -0.39 is 11.8 Å². The van der Waals surface area contributed by atoms with Crippen LogP contribution in [0.5, 0.6) is 0 Å². The molecule has 0 amide bonds. The van der Waals surface area contributed by atoms with Crippen LogP contribution in [0, 0.1) is 5.82 Å². The minimum atomic E-state index is -1.19. The SMILES string of the molecule is O=C(O)c1c(F)cccc1CN1CCCC1. The number of carboxylic acids is 1. The van der Waals surface area contributed by atoms with Gasteiger partial charge in [-0.2, -0.15) is 0 Å². The summed E-state index contributed by atoms with van der Waals surface area (Å²) in [5.41, 5.74) is 0.379. The lowest BCUT2D eigenvalue weighted by Gasteiger charge is -2.16. The Kier molecular flexibility index (Phi) is 3.19. The van der Waals surface area contributed by atoms with Gasteiger partial charge in [0.25, 0.3) is 0 Å². The molecule has 1 fully saturated rings. The van der Waals surface area contributed by atoms with Gasteiger partial charge in [-0.3, -0.25) is 4.90 Å². The Hall–Kier alpha value is -1.42. The molecule has 0 radical (unpaired) electrons. The molecule has 1 aliphatic rings. The van der Waals surface area contributed by atoms with Crippen molar-refractivity contribution < 1.29 is 14.3 Å². The van der Waals surface area contributed by atoms with Crippen LogP contribution >= 0.6 is 0 Å². The normalized spacial score (nSPS) is 16.6. The Morgan fingerprint density at radius 3 is 2.69 bits per heavy atom. The zero-order chi connectivity index (χ0) is 11.5. The quantitative estimate of drug-likeness (QED) is 0.853. The second-order valence-electron chi connectivity index (χ2n) is 4.06. The van der Waals surface area contributed by atoms with Crippen LogP contribution in [0.4, 0.5) is 4.39 Å². The standard InChI is InChI=1S/C12H14FNO2/c13-10-5-3-4-9(11(10)12(15)16)8-14-6-1-2-7-14/h3-5H,1-2,6-8H2,(H,15,16). The first kappa shape index (κ1) is 11.1. The summed E-state index contributed by atoms with van der Waals surface area (Å²) >= 11 is 0. The van der Waals surface area contributed by atoms with Crippen molar-refractivity contribution in [2.24, 2.45) is 0 Å². The van der Waals surface area contributed by atoms with Crippen molar-refractivity contribution in [3.05, 3.63) is 35.1 Å². The number of likely N-dealkylation sites (tertiary alicyclic amines) is 1. The van der Waals surface area contributed by atoms with E-state index in [0.717, 1.165) is 25.9 Å². The molecule has 0 aromatic heterocycles. The maximum absolute atomic E-state index is 13.4. The van der Waals surface area contributed by atoms with Crippen molar-refractivity contribution in [1.29, 1.82) is 0 Å². The lowest BCUT2D eigenvalue weighted by molar-refractivity contribution is 0.0689. The molecule has 0 saturated carbocycles. The maximum atomic E-state index is 13.4. The van der Waals surface area contributed by atoms with Crippen molar-refractivity contribution in [2.75, 3.05) is 13.1 Å². The van der Waals surface area contributed by atoms with Crippen LogP contribution < -0.4 is 0 Å². The van der Waals surface area contributed by atoms with Gasteiger partial charge >= 0.3 is 5.97 Å². The van der Waals surface area contributed by atoms with E-state index in [2.05, 4.69) is 4.90 Å². The Morgan fingerprint density at radius 2 is 2.06 bits per heavy atom. The van der Waals surface area contributed by atoms with Crippen molar-refractivity contribution in [2.45, 2.75) is 19.4 Å². The van der Waals surface area contributed by atoms with E-state index in [9.17, 15) is 9.18 Å². The van der Waals surface area contributed by atoms with Crippen LogP contribution in [0.3, 0.4) is 0 Å². The van der Waals surface area contributed by atoms with Crippen LogP contribution in [0.2, 0.25) is 0 Å². The Bertz CT molecular complexity index is 400. The third-order valence-corrected chi connectivity index (χ3v) is 2.91. The summed E-state index contributed by atoms with van der Waals surface area (Å²) in [6.45, 7) is 2.46. The molecular formula is C12H14FNO2. The number of hydrogen-bond donors (Lipinski definition) is 1. The molecule has 1 heterocycles. The summed E-state index contributed by atoms with van der Waals surface area (Å²) in [6.07, 6.45) is 2.27. The number of halogens is 1. The number of rotatable bonds is 3. The van der Waals surface area contributed by atoms with Gasteiger partial charge in [-0.15, -0.1) is 0 Å². The van der Waals surface area contributed by atoms with Crippen LogP contribution in [0.15, 0.2) is 18.2 Å². The zero-order valence-corrected chi connectivity index (χ0v) is 8.95. The van der Waals surface area contributed by atoms with Crippen LogP contribution in [0.25, 0.3) is 0 Å². The molecule has 86 valence electrons. The first-order chi connectivity index (χ1) is 7.68. The fourth-order valence-corrected chi connectivity index (χ4v) is 2.12. The fourth-order valence-electron chi connectivity index (χ4n) is 2.12. The van der Waals surface area contributed by atoms with Gasteiger partial charge in [-0.1, -0.05) is 12.1 Å². The van der Waals surface area contributed by atoms with Gasteiger partial charge < -0.3 is 5.11 Å². The fraction of sp³-hybridized carbons (Fsp3) is 0.417. The summed E-state index contributed by atoms with van der Waals surface area (Å²) in [5.74, 6) is -1.84. The minimum absolute atomic E-state index is 0.186. The Morgan fingerprint density at radius 1 is 1.38 bits per heavy atom. The highest BCUT2D eigenvalue weighted by molar-refractivity contribution is 5.89. The third kappa shape index (κ3) is 2.22. The lowest BCUT2D eigenvalue weighted by Crippen LogP contribution is -2.20. The predicted molar refractivity (Wildman–Crippen MR) is 57.9 cm³/mol. The smallest absolute Gasteiger partial charge is 0.339 e. The van der Waals surface area contributed by atoms with Crippen LogP contribution in [-0.4, -0.2) is 29.1 Å². The average molecular weight is 223 g/mol. The highest BCUT2D eigenvalue weighted by Crippen LogP contribution is 2.18. The van der Waals surface area contributed by atoms with Crippen LogP contribution in [-0.2, 0) is 6.54 Å². The third-order valence-electron chi connectivity index (χ3n) is 2.91. The van der Waals surface area contributed by atoms with E-state index in [-0.39, 0.29) is 5.56 Å². The molecule has 1 aromatic rings. The molecule has 2 rings (SSSR count). The molecule has 0 unspecified atom stereocenters. The van der Waals surface area contributed by atoms with E-state index in [0.29, 0.717) is 12.1 Å². The molecule has 1 aromatic carbocycles. The first-order valence-electron chi connectivity index (χ1n) is 5.41. The molecule has 1 aliphatic heterocycles. The number of benzene rings is 1. The molecule has 0 atom stereocenters. The van der Waals surface area contributed by atoms with Crippen LogP contribution in [0.1, 0.15) is 28.8 Å². The molecule has 1 N–H and O–H groups in total. The van der Waals surface area contributed by atoms with Gasteiger partial charge in [0.15, 0.2) is 0 Å². The molecular weight excluding hydrogens is 209 g/mol. The molecule has 1 saturated heterocycles. The maximum Gasteiger partial charge on any atom is 0.339 e. The van der Waals surface area contributed by atoms with E-state index in [1.165, 1.54) is 6.07 Å². The highest BCUT2D eigenvalue weighted by Gasteiger charge is 2.19. The Labute approximate surface area is 93.5 Å². The van der Waals surface area contributed by atoms with Gasteiger partial charge in [0.1, 0.15) is 5.82 Å². The molecule has 3 nitrogen and oxygen atoms in total. The van der Waals surface area contributed by atoms with Gasteiger partial charge in [0.2, 0.25) is 0 Å². The topological polar surface area (TPSA) is 40.5 Å². The minimum Gasteiger partial charge on any atom is -0.478 e. The number of carboxylic acid groups (broad SMARTS) is 1. The summed E-state index contributed by atoms with van der Waals surface area (Å²) in [7, 11) is 0. The lowest BCUT2D eigenvalue weighted by atomic mass is 10.1. The van der Waals surface area contributed by atoms with Crippen molar-refractivity contribution in [3.63, 3.8) is 0 Å². The van der Waals surface area contributed by atoms with E-state index in [1.54, 1.807) is 12.1 Å². The molecule has 16 heavy (non-hydrogen) atoms. The van der Waals surface area contributed by atoms with E-state index in [4.69, 9.17) is 5.11 Å². The number of aromatic carboxylic acids is 1. The average Bonchev–Trinajstić information content (AvgIpc) is 2.70. The van der Waals surface area contributed by atoms with Crippen molar-refractivity contribution in [3.8, 4) is 0 Å². The van der Waals surface area contributed by atoms with E-state index >= 15 is 0 Å². The predicted octanol–water partition coefficient (Wildman–Crippen LogP) is 2.12. The summed E-state index contributed by atoms with van der Waals surface area (Å²) in [4.78, 5) is 13.1. The largest absolute Gasteiger partial charge is 0.478 e. The van der Waals surface area contributed by atoms with Gasteiger partial charge in [-0.05, 0) is 37.6 Å². The number of carbonyl (C=O) groups is 1. The van der Waals surface area contributed by atoms with Crippen molar-refractivity contribution >= 4 is 5.97 Å².